The summed E-state index contributed by atoms with van der Waals surface area (Å²) < 4.78 is 42.2. The molecule has 1 unspecified atom stereocenters. The smallest absolute Gasteiger partial charge is 0.401 e. The average Bonchev–Trinajstić information content (AvgIpc) is 2.82. The fraction of sp³-hybridized carbons (Fsp3) is 0.714. The summed E-state index contributed by atoms with van der Waals surface area (Å²) in [6.45, 7) is 2.29. The maximum Gasteiger partial charge on any atom is 0.401 e. The minimum Gasteiger partial charge on any atom is -0.469 e. The molecule has 0 amide bonds. The molecule has 20 heavy (non-hydrogen) atoms. The monoisotopic (exact) mass is 290 g/mol. The van der Waals surface area contributed by atoms with Crippen LogP contribution in [0.2, 0.25) is 0 Å². The van der Waals surface area contributed by atoms with Gasteiger partial charge in [-0.2, -0.15) is 13.2 Å². The molecule has 0 aromatic carbocycles. The van der Waals surface area contributed by atoms with Gasteiger partial charge >= 0.3 is 6.18 Å². The summed E-state index contributed by atoms with van der Waals surface area (Å²) in [4.78, 5) is 1.48. The number of nitrogens with one attached hydrogen (secondary N) is 1. The number of alkyl halides is 3. The van der Waals surface area contributed by atoms with Crippen molar-refractivity contribution in [3.05, 3.63) is 24.2 Å². The van der Waals surface area contributed by atoms with Gasteiger partial charge in [0.1, 0.15) is 5.76 Å². The van der Waals surface area contributed by atoms with Gasteiger partial charge in [-0.05, 0) is 45.0 Å². The van der Waals surface area contributed by atoms with E-state index in [1.54, 1.807) is 6.26 Å². The SMILES string of the molecule is CC(Cc1ccco1)NC1CCN(CC(F)(F)F)CC1. The molecule has 0 radical (unpaired) electrons. The minimum atomic E-state index is -4.09. The van der Waals surface area contributed by atoms with Crippen LogP contribution in [0.25, 0.3) is 0 Å². The van der Waals surface area contributed by atoms with E-state index in [0.717, 1.165) is 25.0 Å². The van der Waals surface area contributed by atoms with Crippen LogP contribution in [0, 0.1) is 0 Å². The first-order chi connectivity index (χ1) is 9.42. The molecule has 1 atom stereocenters. The first-order valence-corrected chi connectivity index (χ1v) is 7.00. The molecule has 6 heteroatoms. The summed E-state index contributed by atoms with van der Waals surface area (Å²) in [6.07, 6.45) is -0.114. The Hall–Kier alpha value is -1.01. The molecule has 0 saturated carbocycles. The van der Waals surface area contributed by atoms with Gasteiger partial charge in [0, 0.05) is 18.5 Å². The van der Waals surface area contributed by atoms with Gasteiger partial charge in [0.15, 0.2) is 0 Å². The number of piperidine rings is 1. The van der Waals surface area contributed by atoms with Crippen molar-refractivity contribution in [2.75, 3.05) is 19.6 Å². The van der Waals surface area contributed by atoms with Crippen LogP contribution in [0.1, 0.15) is 25.5 Å². The summed E-state index contributed by atoms with van der Waals surface area (Å²) in [5, 5.41) is 3.47. The first kappa shape index (κ1) is 15.4. The van der Waals surface area contributed by atoms with Crippen LogP contribution >= 0.6 is 0 Å². The van der Waals surface area contributed by atoms with E-state index >= 15 is 0 Å². The molecule has 1 aliphatic heterocycles. The predicted molar refractivity (Wildman–Crippen MR) is 70.5 cm³/mol. The van der Waals surface area contributed by atoms with Gasteiger partial charge in [0.25, 0.3) is 0 Å². The molecule has 1 saturated heterocycles. The van der Waals surface area contributed by atoms with Crippen molar-refractivity contribution in [2.45, 2.75) is 44.4 Å². The molecule has 1 aliphatic rings. The summed E-state index contributed by atoms with van der Waals surface area (Å²) in [7, 11) is 0. The van der Waals surface area contributed by atoms with Gasteiger partial charge in [-0.15, -0.1) is 0 Å². The van der Waals surface area contributed by atoms with Crippen LogP contribution in [-0.4, -0.2) is 42.8 Å². The second kappa shape index (κ2) is 6.63. The van der Waals surface area contributed by atoms with Crippen molar-refractivity contribution in [3.63, 3.8) is 0 Å². The molecular weight excluding hydrogens is 269 g/mol. The summed E-state index contributed by atoms with van der Waals surface area (Å²) in [5.41, 5.74) is 0. The van der Waals surface area contributed by atoms with Gasteiger partial charge in [-0.3, -0.25) is 4.90 Å². The standard InChI is InChI=1S/C14H21F3N2O/c1-11(9-13-3-2-8-20-13)18-12-4-6-19(7-5-12)10-14(15,16)17/h2-3,8,11-12,18H,4-7,9-10H2,1H3. The number of rotatable bonds is 5. The molecule has 1 aromatic heterocycles. The van der Waals surface area contributed by atoms with Gasteiger partial charge in [0.2, 0.25) is 0 Å². The van der Waals surface area contributed by atoms with E-state index in [-0.39, 0.29) is 6.04 Å². The van der Waals surface area contributed by atoms with E-state index in [1.165, 1.54) is 4.90 Å². The highest BCUT2D eigenvalue weighted by molar-refractivity contribution is 5.00. The second-order valence-electron chi connectivity index (χ2n) is 5.52. The van der Waals surface area contributed by atoms with Crippen molar-refractivity contribution < 1.29 is 17.6 Å². The quantitative estimate of drug-likeness (QED) is 0.904. The molecule has 1 N–H and O–H groups in total. The van der Waals surface area contributed by atoms with Crippen LogP contribution < -0.4 is 5.32 Å². The molecule has 0 aliphatic carbocycles. The van der Waals surface area contributed by atoms with Crippen molar-refractivity contribution in [3.8, 4) is 0 Å². The molecule has 114 valence electrons. The maximum absolute atomic E-state index is 12.3. The van der Waals surface area contributed by atoms with E-state index in [0.29, 0.717) is 19.1 Å². The summed E-state index contributed by atoms with van der Waals surface area (Å²) >= 11 is 0. The normalized spacial score (nSPS) is 20.2. The van der Waals surface area contributed by atoms with Crippen molar-refractivity contribution in [2.24, 2.45) is 0 Å². The average molecular weight is 290 g/mol. The van der Waals surface area contributed by atoms with E-state index in [2.05, 4.69) is 12.2 Å². The van der Waals surface area contributed by atoms with E-state index in [1.807, 2.05) is 12.1 Å². The van der Waals surface area contributed by atoms with Crippen LogP contribution in [0.5, 0.6) is 0 Å². The van der Waals surface area contributed by atoms with Gasteiger partial charge in [-0.25, -0.2) is 0 Å². The Morgan fingerprint density at radius 2 is 2.10 bits per heavy atom. The highest BCUT2D eigenvalue weighted by Crippen LogP contribution is 2.20. The molecule has 1 aromatic rings. The van der Waals surface area contributed by atoms with Gasteiger partial charge in [0.05, 0.1) is 12.8 Å². The maximum atomic E-state index is 12.3. The Morgan fingerprint density at radius 1 is 1.40 bits per heavy atom. The second-order valence-corrected chi connectivity index (χ2v) is 5.52. The largest absolute Gasteiger partial charge is 0.469 e. The fourth-order valence-corrected chi connectivity index (χ4v) is 2.70. The Labute approximate surface area is 117 Å². The molecule has 0 spiro atoms. The van der Waals surface area contributed by atoms with Crippen LogP contribution in [-0.2, 0) is 6.42 Å². The number of likely N-dealkylation sites (tertiary alicyclic amines) is 1. The van der Waals surface area contributed by atoms with E-state index in [9.17, 15) is 13.2 Å². The highest BCUT2D eigenvalue weighted by atomic mass is 19.4. The zero-order chi connectivity index (χ0) is 14.6. The molecule has 0 bridgehead atoms. The lowest BCUT2D eigenvalue weighted by Gasteiger charge is -2.34. The lowest BCUT2D eigenvalue weighted by molar-refractivity contribution is -0.148. The Balaban J connectivity index is 1.69. The third-order valence-electron chi connectivity index (χ3n) is 3.60. The van der Waals surface area contributed by atoms with E-state index < -0.39 is 12.7 Å². The number of furan rings is 1. The topological polar surface area (TPSA) is 28.4 Å². The third kappa shape index (κ3) is 5.17. The Morgan fingerprint density at radius 3 is 2.65 bits per heavy atom. The predicted octanol–water partition coefficient (Wildman–Crippen LogP) is 2.83. The van der Waals surface area contributed by atoms with Crippen molar-refractivity contribution >= 4 is 0 Å². The lowest BCUT2D eigenvalue weighted by atomic mass is 10.0. The Bertz CT molecular complexity index is 384. The number of hydrogen-bond acceptors (Lipinski definition) is 3. The summed E-state index contributed by atoms with van der Waals surface area (Å²) in [5.74, 6) is 0.930. The molecular formula is C14H21F3N2O. The third-order valence-corrected chi connectivity index (χ3v) is 3.60. The number of halogens is 3. The zero-order valence-corrected chi connectivity index (χ0v) is 11.6. The number of nitrogens with zero attached hydrogens (tertiary/aromatic N) is 1. The lowest BCUT2D eigenvalue weighted by Crippen LogP contribution is -2.47. The molecule has 3 nitrogen and oxygen atoms in total. The van der Waals surface area contributed by atoms with Crippen molar-refractivity contribution in [1.82, 2.24) is 10.2 Å². The van der Waals surface area contributed by atoms with E-state index in [4.69, 9.17) is 4.42 Å². The number of hydrogen-bond donors (Lipinski definition) is 1. The Kier molecular flexibility index (Phi) is 5.10. The zero-order valence-electron chi connectivity index (χ0n) is 11.6. The van der Waals surface area contributed by atoms with Crippen LogP contribution in [0.4, 0.5) is 13.2 Å². The van der Waals surface area contributed by atoms with Crippen LogP contribution in [0.3, 0.4) is 0 Å². The molecule has 1 fully saturated rings. The van der Waals surface area contributed by atoms with Gasteiger partial charge in [-0.1, -0.05) is 0 Å². The molecule has 2 rings (SSSR count). The minimum absolute atomic E-state index is 0.264. The highest BCUT2D eigenvalue weighted by Gasteiger charge is 2.32. The van der Waals surface area contributed by atoms with Gasteiger partial charge < -0.3 is 9.73 Å². The molecule has 2 heterocycles. The van der Waals surface area contributed by atoms with Crippen molar-refractivity contribution in [1.29, 1.82) is 0 Å². The fourth-order valence-electron chi connectivity index (χ4n) is 2.70. The van der Waals surface area contributed by atoms with Crippen LogP contribution in [0.15, 0.2) is 22.8 Å². The summed E-state index contributed by atoms with van der Waals surface area (Å²) in [6, 6.07) is 4.35. The first-order valence-electron chi connectivity index (χ1n) is 7.00.